The number of hydrogen-bond acceptors (Lipinski definition) is 5. The molecule has 0 amide bonds. The quantitative estimate of drug-likeness (QED) is 0.315. The summed E-state index contributed by atoms with van der Waals surface area (Å²) in [6.45, 7) is 3.91. The molecular formula is C30H37F2N5O2. The number of halogens is 2. The number of fused-ring (bicyclic) bond motifs is 1. The second-order valence-corrected chi connectivity index (χ2v) is 11.0. The Hall–Kier alpha value is -3.33. The van der Waals surface area contributed by atoms with Crippen molar-refractivity contribution in [1.29, 1.82) is 0 Å². The number of hydrogen-bond donors (Lipinski definition) is 2. The molecule has 0 saturated carbocycles. The molecule has 39 heavy (non-hydrogen) atoms. The number of nitrogens with zero attached hydrogens (tertiary/aromatic N) is 4. The van der Waals surface area contributed by atoms with Crippen LogP contribution in [0.25, 0.3) is 0 Å². The van der Waals surface area contributed by atoms with E-state index in [4.69, 9.17) is 0 Å². The first kappa shape index (κ1) is 27.2. The van der Waals surface area contributed by atoms with Crippen LogP contribution in [0.5, 0.6) is 0 Å². The Kier molecular flexibility index (Phi) is 8.26. The average molecular weight is 538 g/mol. The lowest BCUT2D eigenvalue weighted by atomic mass is 9.95. The van der Waals surface area contributed by atoms with Crippen LogP contribution in [0, 0.1) is 12.8 Å². The number of nitrogens with one attached hydrogen (secondary N) is 1. The first-order chi connectivity index (χ1) is 18.8. The molecule has 1 fully saturated rings. The molecule has 2 aliphatic rings. The molecule has 0 bridgehead atoms. The van der Waals surface area contributed by atoms with Crippen molar-refractivity contribution in [3.8, 4) is 0 Å². The molecule has 2 aliphatic heterocycles. The van der Waals surface area contributed by atoms with Crippen molar-refractivity contribution in [2.45, 2.75) is 70.4 Å². The smallest absolute Gasteiger partial charge is 0.325 e. The third kappa shape index (κ3) is 6.64. The first-order valence-electron chi connectivity index (χ1n) is 13.9. The molecule has 7 nitrogen and oxygen atoms in total. The third-order valence-electron chi connectivity index (χ3n) is 7.96. The number of anilines is 1. The molecule has 2 aromatic heterocycles. The molecule has 5 rings (SSSR count). The number of aryl methyl sites for hydroxylation is 3. The number of likely N-dealkylation sites (tertiary alicyclic amines) is 1. The maximum atomic E-state index is 15.2. The van der Waals surface area contributed by atoms with Gasteiger partial charge in [-0.2, -0.15) is 5.10 Å². The van der Waals surface area contributed by atoms with E-state index in [-0.39, 0.29) is 13.0 Å². The molecule has 0 spiro atoms. The van der Waals surface area contributed by atoms with Crippen LogP contribution in [0.4, 0.5) is 14.6 Å². The fourth-order valence-electron chi connectivity index (χ4n) is 5.80. The van der Waals surface area contributed by atoms with Crippen molar-refractivity contribution in [3.63, 3.8) is 0 Å². The highest BCUT2D eigenvalue weighted by Gasteiger charge is 2.45. The lowest BCUT2D eigenvalue weighted by Gasteiger charge is -2.27. The topological polar surface area (TPSA) is 83.3 Å². The minimum Gasteiger partial charge on any atom is -0.480 e. The van der Waals surface area contributed by atoms with E-state index in [1.54, 1.807) is 23.2 Å². The van der Waals surface area contributed by atoms with Gasteiger partial charge in [0, 0.05) is 37.3 Å². The summed E-state index contributed by atoms with van der Waals surface area (Å²) in [5.41, 5.74) is 4.84. The van der Waals surface area contributed by atoms with Crippen molar-refractivity contribution in [3.05, 3.63) is 76.7 Å². The number of aromatic nitrogens is 3. The van der Waals surface area contributed by atoms with Gasteiger partial charge in [0.05, 0.1) is 12.7 Å². The summed E-state index contributed by atoms with van der Waals surface area (Å²) in [7, 11) is 0. The number of carboxylic acids is 1. The summed E-state index contributed by atoms with van der Waals surface area (Å²) in [6, 6.07) is 10.5. The maximum Gasteiger partial charge on any atom is 0.325 e. The van der Waals surface area contributed by atoms with E-state index in [0.717, 1.165) is 42.0 Å². The average Bonchev–Trinajstić information content (AvgIpc) is 3.57. The molecule has 2 atom stereocenters. The Balaban J connectivity index is 1.13. The Morgan fingerprint density at radius 3 is 2.77 bits per heavy atom. The van der Waals surface area contributed by atoms with E-state index in [1.807, 2.05) is 36.0 Å². The zero-order chi connectivity index (χ0) is 27.4. The molecule has 3 aromatic rings. The fraction of sp³-hybridized carbons (Fsp3) is 0.500. The van der Waals surface area contributed by atoms with Crippen LogP contribution in [-0.4, -0.2) is 56.3 Å². The first-order valence-corrected chi connectivity index (χ1v) is 13.9. The number of alkyl halides is 2. The largest absolute Gasteiger partial charge is 0.480 e. The number of pyridine rings is 1. The van der Waals surface area contributed by atoms with E-state index in [2.05, 4.69) is 21.5 Å². The summed E-state index contributed by atoms with van der Waals surface area (Å²) < 4.78 is 32.2. The Morgan fingerprint density at radius 1 is 1.21 bits per heavy atom. The number of carbonyl (C=O) groups is 1. The van der Waals surface area contributed by atoms with Crippen LogP contribution in [0.15, 0.2) is 48.8 Å². The van der Waals surface area contributed by atoms with Gasteiger partial charge >= 0.3 is 5.97 Å². The second-order valence-electron chi connectivity index (χ2n) is 11.0. The van der Waals surface area contributed by atoms with Gasteiger partial charge in [0.1, 0.15) is 11.9 Å². The van der Waals surface area contributed by atoms with Gasteiger partial charge in [-0.05, 0) is 80.3 Å². The molecule has 208 valence electrons. The van der Waals surface area contributed by atoms with Crippen molar-refractivity contribution < 1.29 is 18.7 Å². The van der Waals surface area contributed by atoms with Crippen LogP contribution < -0.4 is 5.32 Å². The minimum absolute atomic E-state index is 0.0797. The van der Waals surface area contributed by atoms with Crippen molar-refractivity contribution in [2.24, 2.45) is 5.92 Å². The standard InChI is InChI=1S/C30H37F2N5O2/c1-21-17-34-37(18-21)19-22-7-9-23(10-8-22)27(29(38)39)36-16-13-25(20-36)30(31,32)14-3-2-6-26-12-11-24-5-4-15-33-28(24)35-26/h7-12,17-18,25,27H,2-6,13-16,19-20H2,1H3,(H,33,35)(H,38,39)/t25-,27?/m1/s1. The van der Waals surface area contributed by atoms with Gasteiger partial charge in [0.15, 0.2) is 0 Å². The van der Waals surface area contributed by atoms with Gasteiger partial charge in [-0.3, -0.25) is 14.4 Å². The SMILES string of the molecule is Cc1cnn(Cc2ccc(C(C(=O)O)N3CC[C@@H](C(F)(F)CCCCc4ccc5c(n4)NCCC5)C3)cc2)c1. The number of benzene rings is 1. The Bertz CT molecular complexity index is 1280. The highest BCUT2D eigenvalue weighted by molar-refractivity contribution is 5.75. The van der Waals surface area contributed by atoms with E-state index >= 15 is 8.78 Å². The van der Waals surface area contributed by atoms with Crippen molar-refractivity contribution >= 4 is 11.8 Å². The zero-order valence-electron chi connectivity index (χ0n) is 22.5. The zero-order valence-corrected chi connectivity index (χ0v) is 22.5. The molecule has 1 unspecified atom stereocenters. The molecular weight excluding hydrogens is 500 g/mol. The van der Waals surface area contributed by atoms with E-state index in [9.17, 15) is 9.90 Å². The van der Waals surface area contributed by atoms with E-state index < -0.39 is 23.9 Å². The lowest BCUT2D eigenvalue weighted by Crippen LogP contribution is -2.35. The predicted molar refractivity (Wildman–Crippen MR) is 146 cm³/mol. The van der Waals surface area contributed by atoms with Gasteiger partial charge in [-0.1, -0.05) is 30.3 Å². The number of aliphatic carboxylic acids is 1. The van der Waals surface area contributed by atoms with Crippen LogP contribution in [0.1, 0.15) is 66.1 Å². The summed E-state index contributed by atoms with van der Waals surface area (Å²) in [6.07, 6.45) is 7.72. The summed E-state index contributed by atoms with van der Waals surface area (Å²) >= 11 is 0. The molecule has 9 heteroatoms. The Morgan fingerprint density at radius 2 is 2.03 bits per heavy atom. The fourth-order valence-corrected chi connectivity index (χ4v) is 5.80. The third-order valence-corrected chi connectivity index (χ3v) is 7.96. The summed E-state index contributed by atoms with van der Waals surface area (Å²) in [5.74, 6) is -3.74. The highest BCUT2D eigenvalue weighted by atomic mass is 19.3. The molecule has 0 radical (unpaired) electrons. The van der Waals surface area contributed by atoms with Crippen LogP contribution in [-0.2, 0) is 24.2 Å². The highest BCUT2D eigenvalue weighted by Crippen LogP contribution is 2.39. The monoisotopic (exact) mass is 537 g/mol. The van der Waals surface area contributed by atoms with E-state index in [0.29, 0.717) is 44.3 Å². The maximum absolute atomic E-state index is 15.2. The molecule has 4 heterocycles. The summed E-state index contributed by atoms with van der Waals surface area (Å²) in [5, 5.41) is 17.6. The van der Waals surface area contributed by atoms with E-state index in [1.165, 1.54) is 5.56 Å². The minimum atomic E-state index is -2.83. The van der Waals surface area contributed by atoms with Crippen LogP contribution >= 0.6 is 0 Å². The predicted octanol–water partition coefficient (Wildman–Crippen LogP) is 5.49. The Labute approximate surface area is 228 Å². The van der Waals surface area contributed by atoms with Crippen molar-refractivity contribution in [2.75, 3.05) is 25.0 Å². The second kappa shape index (κ2) is 11.8. The molecule has 2 N–H and O–H groups in total. The van der Waals surface area contributed by atoms with Gasteiger partial charge < -0.3 is 10.4 Å². The van der Waals surface area contributed by atoms with Gasteiger partial charge in [0.25, 0.3) is 5.92 Å². The van der Waals surface area contributed by atoms with Gasteiger partial charge in [-0.25, -0.2) is 13.8 Å². The number of carboxylic acid groups (broad SMARTS) is 1. The number of rotatable bonds is 11. The van der Waals surface area contributed by atoms with Gasteiger partial charge in [0.2, 0.25) is 0 Å². The molecule has 1 aromatic carbocycles. The molecule has 0 aliphatic carbocycles. The van der Waals surface area contributed by atoms with Crippen LogP contribution in [0.3, 0.4) is 0 Å². The summed E-state index contributed by atoms with van der Waals surface area (Å²) in [4.78, 5) is 18.6. The van der Waals surface area contributed by atoms with Crippen LogP contribution in [0.2, 0.25) is 0 Å². The molecule has 1 saturated heterocycles. The number of unbranched alkanes of at least 4 members (excludes halogenated alkanes) is 1. The van der Waals surface area contributed by atoms with Crippen molar-refractivity contribution in [1.82, 2.24) is 19.7 Å². The van der Waals surface area contributed by atoms with Gasteiger partial charge in [-0.15, -0.1) is 0 Å². The normalized spacial score (nSPS) is 18.5. The lowest BCUT2D eigenvalue weighted by molar-refractivity contribution is -0.143.